The van der Waals surface area contributed by atoms with Gasteiger partial charge in [-0.2, -0.15) is 4.98 Å². The van der Waals surface area contributed by atoms with Crippen LogP contribution >= 0.6 is 0 Å². The van der Waals surface area contributed by atoms with E-state index in [0.29, 0.717) is 0 Å². The summed E-state index contributed by atoms with van der Waals surface area (Å²) in [5.41, 5.74) is 8.77. The van der Waals surface area contributed by atoms with E-state index in [2.05, 4.69) is 99.0 Å². The van der Waals surface area contributed by atoms with E-state index in [1.165, 1.54) is 44.3 Å². The smallest absolute Gasteiger partial charge is 0.232 e. The number of hydrogen-bond donors (Lipinski definition) is 0. The molecule has 0 N–H and O–H groups in total. The fourth-order valence-electron chi connectivity index (χ4n) is 5.38. The third-order valence-corrected chi connectivity index (χ3v) is 6.82. The van der Waals surface area contributed by atoms with Crippen molar-refractivity contribution >= 4 is 28.2 Å². The Labute approximate surface area is 196 Å². The van der Waals surface area contributed by atoms with Crippen molar-refractivity contribution in [2.45, 2.75) is 47.6 Å². The molecule has 0 fully saturated rings. The van der Waals surface area contributed by atoms with E-state index in [0.717, 1.165) is 43.5 Å². The van der Waals surface area contributed by atoms with E-state index in [-0.39, 0.29) is 0 Å². The predicted molar refractivity (Wildman–Crippen MR) is 139 cm³/mol. The summed E-state index contributed by atoms with van der Waals surface area (Å²) in [7, 11) is 0. The van der Waals surface area contributed by atoms with Gasteiger partial charge < -0.3 is 9.80 Å². The summed E-state index contributed by atoms with van der Waals surface area (Å²) < 4.78 is 0. The molecule has 3 aromatic carbocycles. The zero-order chi connectivity index (χ0) is 23.1. The summed E-state index contributed by atoms with van der Waals surface area (Å²) in [6, 6.07) is 19.7. The van der Waals surface area contributed by atoms with Crippen molar-refractivity contribution in [3.05, 3.63) is 88.1 Å². The van der Waals surface area contributed by atoms with Crippen LogP contribution in [0, 0.1) is 27.7 Å². The third kappa shape index (κ3) is 3.84. The lowest BCUT2D eigenvalue weighted by atomic mass is 10.0. The van der Waals surface area contributed by atoms with Gasteiger partial charge in [-0.3, -0.25) is 0 Å². The van der Waals surface area contributed by atoms with Crippen LogP contribution in [0.2, 0.25) is 0 Å². The number of hydrogen-bond acceptors (Lipinski definition) is 4. The van der Waals surface area contributed by atoms with Crippen molar-refractivity contribution in [3.8, 4) is 0 Å². The summed E-state index contributed by atoms with van der Waals surface area (Å²) in [6.07, 6.45) is 1.00. The molecule has 4 aromatic rings. The average Bonchev–Trinajstić information content (AvgIpc) is 3.19. The second kappa shape index (κ2) is 8.51. The molecule has 0 aliphatic carbocycles. The first kappa shape index (κ1) is 21.4. The largest absolute Gasteiger partial charge is 0.352 e. The first-order valence-corrected chi connectivity index (χ1v) is 11.9. The lowest BCUT2D eigenvalue weighted by Crippen LogP contribution is -2.24. The zero-order valence-electron chi connectivity index (χ0n) is 20.3. The summed E-state index contributed by atoms with van der Waals surface area (Å²) in [6.45, 7) is 13.5. The Morgan fingerprint density at radius 1 is 0.909 bits per heavy atom. The highest BCUT2D eigenvalue weighted by Crippen LogP contribution is 2.36. The molecule has 0 unspecified atom stereocenters. The lowest BCUT2D eigenvalue weighted by Gasteiger charge is -2.27. The van der Waals surface area contributed by atoms with Crippen LogP contribution in [0.3, 0.4) is 0 Å². The molecule has 0 atom stereocenters. The fourth-order valence-corrected chi connectivity index (χ4v) is 5.38. The SMILES string of the molecule is CCN(c1nc(C)c2c(n1)N(Cc1cccc3ccccc13)CC2)c1c(C)cc(C)cc1C. The molecule has 0 radical (unpaired) electrons. The minimum Gasteiger partial charge on any atom is -0.352 e. The van der Waals surface area contributed by atoms with Crippen LogP contribution in [0.25, 0.3) is 10.8 Å². The number of nitrogens with zero attached hydrogens (tertiary/aromatic N) is 4. The molecule has 0 bridgehead atoms. The van der Waals surface area contributed by atoms with Crippen molar-refractivity contribution in [2.24, 2.45) is 0 Å². The summed E-state index contributed by atoms with van der Waals surface area (Å²) >= 11 is 0. The normalized spacial score (nSPS) is 12.9. The molecule has 0 spiro atoms. The molecule has 1 aliphatic heterocycles. The van der Waals surface area contributed by atoms with Gasteiger partial charge in [0, 0.05) is 36.6 Å². The second-order valence-corrected chi connectivity index (χ2v) is 9.21. The number of benzene rings is 3. The lowest BCUT2D eigenvalue weighted by molar-refractivity contribution is 0.826. The van der Waals surface area contributed by atoms with E-state index in [4.69, 9.17) is 9.97 Å². The molecule has 0 saturated heterocycles. The van der Waals surface area contributed by atoms with Gasteiger partial charge in [0.2, 0.25) is 5.95 Å². The van der Waals surface area contributed by atoms with Crippen LogP contribution in [0.15, 0.2) is 54.6 Å². The van der Waals surface area contributed by atoms with Gasteiger partial charge in [-0.15, -0.1) is 0 Å². The molecular formula is C29H32N4. The monoisotopic (exact) mass is 436 g/mol. The topological polar surface area (TPSA) is 32.3 Å². The van der Waals surface area contributed by atoms with Crippen LogP contribution in [-0.2, 0) is 13.0 Å². The van der Waals surface area contributed by atoms with E-state index >= 15 is 0 Å². The molecule has 2 heterocycles. The molecule has 5 rings (SSSR count). The molecule has 1 aliphatic rings. The number of rotatable bonds is 5. The van der Waals surface area contributed by atoms with E-state index < -0.39 is 0 Å². The molecule has 0 amide bonds. The molecule has 4 nitrogen and oxygen atoms in total. The molecule has 4 heteroatoms. The first-order valence-electron chi connectivity index (χ1n) is 11.9. The fraction of sp³-hybridized carbons (Fsp3) is 0.310. The summed E-state index contributed by atoms with van der Waals surface area (Å²) in [5.74, 6) is 1.89. The van der Waals surface area contributed by atoms with Crippen molar-refractivity contribution < 1.29 is 0 Å². The number of aryl methyl sites for hydroxylation is 4. The van der Waals surface area contributed by atoms with Gasteiger partial charge in [0.25, 0.3) is 0 Å². The molecule has 168 valence electrons. The standard InChI is InChI=1S/C29H32N4/c1-6-33(27-20(3)16-19(2)17-21(27)4)29-30-22(5)25-14-15-32(28(25)31-29)18-24-12-9-11-23-10-7-8-13-26(23)24/h7-13,16-17H,6,14-15,18H2,1-5H3. The van der Waals surface area contributed by atoms with E-state index in [1.807, 2.05) is 0 Å². The van der Waals surface area contributed by atoms with E-state index in [1.54, 1.807) is 0 Å². The van der Waals surface area contributed by atoms with Gasteiger partial charge in [-0.05, 0) is 68.5 Å². The highest BCUT2D eigenvalue weighted by Gasteiger charge is 2.27. The molecular weight excluding hydrogens is 404 g/mol. The highest BCUT2D eigenvalue weighted by atomic mass is 15.3. The molecule has 0 saturated carbocycles. The van der Waals surface area contributed by atoms with Gasteiger partial charge >= 0.3 is 0 Å². The zero-order valence-corrected chi connectivity index (χ0v) is 20.3. The minimum absolute atomic E-state index is 0.800. The van der Waals surface area contributed by atoms with Crippen molar-refractivity contribution in [3.63, 3.8) is 0 Å². The highest BCUT2D eigenvalue weighted by molar-refractivity contribution is 5.86. The first-order chi connectivity index (χ1) is 16.0. The van der Waals surface area contributed by atoms with Gasteiger partial charge in [-0.25, -0.2) is 4.98 Å². The maximum Gasteiger partial charge on any atom is 0.232 e. The number of fused-ring (bicyclic) bond motifs is 2. The Kier molecular flexibility index (Phi) is 5.53. The van der Waals surface area contributed by atoms with Gasteiger partial charge in [0.15, 0.2) is 0 Å². The van der Waals surface area contributed by atoms with Crippen LogP contribution in [0.5, 0.6) is 0 Å². The van der Waals surface area contributed by atoms with Gasteiger partial charge in [-0.1, -0.05) is 60.2 Å². The van der Waals surface area contributed by atoms with Crippen LogP contribution in [0.4, 0.5) is 17.5 Å². The van der Waals surface area contributed by atoms with E-state index in [9.17, 15) is 0 Å². The number of aromatic nitrogens is 2. The Balaban J connectivity index is 1.55. The van der Waals surface area contributed by atoms with Crippen molar-refractivity contribution in [2.75, 3.05) is 22.9 Å². The average molecular weight is 437 g/mol. The second-order valence-electron chi connectivity index (χ2n) is 9.21. The van der Waals surface area contributed by atoms with Crippen LogP contribution in [0.1, 0.15) is 40.4 Å². The maximum atomic E-state index is 5.16. The minimum atomic E-state index is 0.800. The Morgan fingerprint density at radius 3 is 2.39 bits per heavy atom. The number of anilines is 3. The quantitative estimate of drug-likeness (QED) is 0.353. The summed E-state index contributed by atoms with van der Waals surface area (Å²) in [4.78, 5) is 14.8. The van der Waals surface area contributed by atoms with Gasteiger partial charge in [0.1, 0.15) is 5.82 Å². The van der Waals surface area contributed by atoms with Crippen molar-refractivity contribution in [1.82, 2.24) is 9.97 Å². The van der Waals surface area contributed by atoms with Crippen molar-refractivity contribution in [1.29, 1.82) is 0 Å². The Bertz CT molecular complexity index is 1310. The predicted octanol–water partition coefficient (Wildman–Crippen LogP) is 6.58. The maximum absolute atomic E-state index is 5.16. The summed E-state index contributed by atoms with van der Waals surface area (Å²) in [5, 5.41) is 2.61. The molecule has 1 aromatic heterocycles. The Hall–Kier alpha value is -3.40. The van der Waals surface area contributed by atoms with Crippen LogP contribution in [-0.4, -0.2) is 23.1 Å². The third-order valence-electron chi connectivity index (χ3n) is 6.82. The van der Waals surface area contributed by atoms with Crippen LogP contribution < -0.4 is 9.80 Å². The van der Waals surface area contributed by atoms with Gasteiger partial charge in [0.05, 0.1) is 0 Å². The Morgan fingerprint density at radius 2 is 1.64 bits per heavy atom. The molecule has 33 heavy (non-hydrogen) atoms.